The Hall–Kier alpha value is -3.11. The summed E-state index contributed by atoms with van der Waals surface area (Å²) < 4.78 is 2.06. The van der Waals surface area contributed by atoms with E-state index in [2.05, 4.69) is 43.4 Å². The van der Waals surface area contributed by atoms with E-state index >= 15 is 0 Å². The van der Waals surface area contributed by atoms with Crippen LogP contribution in [-0.2, 0) is 0 Å². The molecule has 32 heavy (non-hydrogen) atoms. The van der Waals surface area contributed by atoms with Gasteiger partial charge in [-0.25, -0.2) is 4.98 Å². The number of aromatic amines is 1. The van der Waals surface area contributed by atoms with Gasteiger partial charge in [-0.2, -0.15) is 10.4 Å². The summed E-state index contributed by atoms with van der Waals surface area (Å²) in [6.45, 7) is 2.03. The molecule has 1 saturated heterocycles. The van der Waals surface area contributed by atoms with Gasteiger partial charge in [0.25, 0.3) is 0 Å². The highest BCUT2D eigenvalue weighted by atomic mass is 35.5. The van der Waals surface area contributed by atoms with Gasteiger partial charge in [-0.1, -0.05) is 29.3 Å². The molecule has 0 spiro atoms. The van der Waals surface area contributed by atoms with E-state index in [1.807, 2.05) is 18.6 Å². The molecule has 8 heteroatoms. The fraction of sp³-hybridized carbons (Fsp3) is 0.208. The fourth-order valence-electron chi connectivity index (χ4n) is 4.13. The third-order valence-corrected chi connectivity index (χ3v) is 6.46. The summed E-state index contributed by atoms with van der Waals surface area (Å²) >= 11 is 12.6. The molecule has 6 nitrogen and oxygen atoms in total. The first-order valence-electron chi connectivity index (χ1n) is 10.4. The van der Waals surface area contributed by atoms with Crippen LogP contribution in [0.15, 0.2) is 49.1 Å². The van der Waals surface area contributed by atoms with Crippen LogP contribution in [-0.4, -0.2) is 32.8 Å². The Morgan fingerprint density at radius 1 is 1.16 bits per heavy atom. The van der Waals surface area contributed by atoms with Gasteiger partial charge in [-0.05, 0) is 50.2 Å². The summed E-state index contributed by atoms with van der Waals surface area (Å²) in [7, 11) is 0. The Kier molecular flexibility index (Phi) is 5.71. The second-order valence-corrected chi connectivity index (χ2v) is 8.64. The van der Waals surface area contributed by atoms with Crippen LogP contribution in [0.4, 0.5) is 0 Å². The van der Waals surface area contributed by atoms with Crippen LogP contribution in [0.5, 0.6) is 0 Å². The van der Waals surface area contributed by atoms with Crippen LogP contribution in [0.1, 0.15) is 30.0 Å². The fourth-order valence-corrected chi connectivity index (χ4v) is 4.73. The van der Waals surface area contributed by atoms with E-state index in [-0.39, 0.29) is 0 Å². The number of allylic oxidation sites excluding steroid dienone is 1. The van der Waals surface area contributed by atoms with Gasteiger partial charge in [0, 0.05) is 46.2 Å². The highest BCUT2D eigenvalue weighted by Crippen LogP contribution is 2.33. The monoisotopic (exact) mass is 462 g/mol. The van der Waals surface area contributed by atoms with E-state index in [0.717, 1.165) is 53.7 Å². The molecule has 2 N–H and O–H groups in total. The van der Waals surface area contributed by atoms with Crippen molar-refractivity contribution in [2.75, 3.05) is 13.1 Å². The van der Waals surface area contributed by atoms with Gasteiger partial charge in [-0.15, -0.1) is 0 Å². The predicted octanol–water partition coefficient (Wildman–Crippen LogP) is 5.72. The smallest absolute Gasteiger partial charge is 0.137 e. The Bertz CT molecular complexity index is 1330. The van der Waals surface area contributed by atoms with Crippen molar-refractivity contribution in [3.8, 4) is 17.2 Å². The number of aromatic nitrogens is 4. The second kappa shape index (κ2) is 8.79. The highest BCUT2D eigenvalue weighted by Gasteiger charge is 2.17. The second-order valence-electron chi connectivity index (χ2n) is 7.82. The number of H-pyrrole nitrogens is 1. The van der Waals surface area contributed by atoms with Crippen LogP contribution in [0.25, 0.3) is 33.8 Å². The zero-order valence-electron chi connectivity index (χ0n) is 17.1. The predicted molar refractivity (Wildman–Crippen MR) is 128 cm³/mol. The summed E-state index contributed by atoms with van der Waals surface area (Å²) in [6.07, 6.45) is 11.6. The van der Waals surface area contributed by atoms with Crippen molar-refractivity contribution in [2.24, 2.45) is 0 Å². The molecule has 0 saturated carbocycles. The Morgan fingerprint density at radius 3 is 2.69 bits per heavy atom. The minimum absolute atomic E-state index is 0.394. The van der Waals surface area contributed by atoms with E-state index in [1.54, 1.807) is 24.3 Å². The maximum absolute atomic E-state index is 9.78. The highest BCUT2D eigenvalue weighted by molar-refractivity contribution is 6.38. The van der Waals surface area contributed by atoms with Crippen LogP contribution in [0.3, 0.4) is 0 Å². The minimum Gasteiger partial charge on any atom is -0.346 e. The van der Waals surface area contributed by atoms with Gasteiger partial charge >= 0.3 is 0 Å². The van der Waals surface area contributed by atoms with Crippen LogP contribution in [0.2, 0.25) is 10.0 Å². The number of pyridine rings is 1. The lowest BCUT2D eigenvalue weighted by Gasteiger charge is -2.22. The molecule has 160 valence electrons. The molecule has 4 aromatic rings. The summed E-state index contributed by atoms with van der Waals surface area (Å²) in [5.74, 6) is 0. The summed E-state index contributed by atoms with van der Waals surface area (Å²) in [4.78, 5) is 7.75. The zero-order valence-corrected chi connectivity index (χ0v) is 18.7. The lowest BCUT2D eigenvalue weighted by atomic mass is 10.0. The number of hydrogen-bond donors (Lipinski definition) is 2. The van der Waals surface area contributed by atoms with Crippen LogP contribution < -0.4 is 5.32 Å². The minimum atomic E-state index is 0.394. The third kappa shape index (κ3) is 3.91. The average Bonchev–Trinajstić information content (AvgIpc) is 3.46. The molecule has 0 bridgehead atoms. The first kappa shape index (κ1) is 20.8. The van der Waals surface area contributed by atoms with Gasteiger partial charge in [0.1, 0.15) is 5.65 Å². The molecule has 0 radical (unpaired) electrons. The van der Waals surface area contributed by atoms with Crippen molar-refractivity contribution < 1.29 is 0 Å². The Labute approximate surface area is 195 Å². The Morgan fingerprint density at radius 2 is 1.94 bits per heavy atom. The normalized spacial score (nSPS) is 15.2. The number of nitrogens with zero attached hydrogens (tertiary/aromatic N) is 4. The number of hydrogen-bond acceptors (Lipinski definition) is 4. The van der Waals surface area contributed by atoms with Crippen molar-refractivity contribution in [2.45, 2.75) is 18.9 Å². The molecule has 0 atom stereocenters. The molecule has 4 heterocycles. The van der Waals surface area contributed by atoms with Gasteiger partial charge < -0.3 is 10.3 Å². The van der Waals surface area contributed by atoms with Gasteiger partial charge in [0.05, 0.1) is 33.9 Å². The van der Waals surface area contributed by atoms with Gasteiger partial charge in [0.2, 0.25) is 0 Å². The lowest BCUT2D eigenvalue weighted by Crippen LogP contribution is -2.29. The largest absolute Gasteiger partial charge is 0.346 e. The van der Waals surface area contributed by atoms with Gasteiger partial charge in [-0.3, -0.25) is 4.68 Å². The Balaban J connectivity index is 1.53. The van der Waals surface area contributed by atoms with Crippen LogP contribution in [0, 0.1) is 11.3 Å². The molecule has 5 rings (SSSR count). The number of rotatable bonds is 4. The molecule has 1 aliphatic rings. The molecule has 3 aromatic heterocycles. The first-order chi connectivity index (χ1) is 15.6. The quantitative estimate of drug-likeness (QED) is 0.379. The molecule has 1 aliphatic heterocycles. The molecule has 1 aromatic carbocycles. The summed E-state index contributed by atoms with van der Waals surface area (Å²) in [5, 5.41) is 19.6. The lowest BCUT2D eigenvalue weighted by molar-refractivity contribution is 0.343. The van der Waals surface area contributed by atoms with Crippen molar-refractivity contribution in [1.29, 1.82) is 5.26 Å². The van der Waals surface area contributed by atoms with Crippen molar-refractivity contribution in [3.63, 3.8) is 0 Å². The maximum atomic E-state index is 9.78. The number of nitrogens with one attached hydrogen (secondary N) is 2. The molecular formula is C24H20Cl2N6. The number of fused-ring (bicyclic) bond motifs is 1. The van der Waals surface area contributed by atoms with Crippen molar-refractivity contribution >= 4 is 45.9 Å². The summed E-state index contributed by atoms with van der Waals surface area (Å²) in [6, 6.07) is 9.93. The first-order valence-corrected chi connectivity index (χ1v) is 11.2. The van der Waals surface area contributed by atoms with E-state index in [1.165, 1.54) is 0 Å². The SMILES string of the molecule is N#CC(=Cc1c[nH]c2ncc(-c3cnn(C4CCNCC4)c3)cc12)c1c(Cl)cccc1Cl. The topological polar surface area (TPSA) is 82.3 Å². The molecule has 0 amide bonds. The molecule has 1 fully saturated rings. The average molecular weight is 463 g/mol. The van der Waals surface area contributed by atoms with E-state index in [4.69, 9.17) is 23.2 Å². The summed E-state index contributed by atoms with van der Waals surface area (Å²) in [5.41, 5.74) is 4.50. The number of nitriles is 1. The van der Waals surface area contributed by atoms with Gasteiger partial charge in [0.15, 0.2) is 0 Å². The van der Waals surface area contributed by atoms with Crippen molar-refractivity contribution in [1.82, 2.24) is 25.1 Å². The van der Waals surface area contributed by atoms with Crippen molar-refractivity contribution in [3.05, 3.63) is 70.2 Å². The molecule has 0 aliphatic carbocycles. The van der Waals surface area contributed by atoms with E-state index in [9.17, 15) is 5.26 Å². The standard InChI is InChI=1S/C24H20Cl2N6/c25-21-2-1-3-22(26)23(21)15(10-27)8-17-12-30-24-20(17)9-16(11-29-24)18-13-31-32(14-18)19-4-6-28-7-5-19/h1-3,8-9,11-14,19,28H,4-7H2,(H,29,30). The van der Waals surface area contributed by atoms with E-state index in [0.29, 0.717) is 27.2 Å². The number of benzene rings is 1. The molecule has 0 unspecified atom stereocenters. The van der Waals surface area contributed by atoms with Crippen LogP contribution >= 0.6 is 23.2 Å². The molecular weight excluding hydrogens is 443 g/mol. The number of halogens is 2. The number of piperidine rings is 1. The zero-order chi connectivity index (χ0) is 22.1. The third-order valence-electron chi connectivity index (χ3n) is 5.83. The maximum Gasteiger partial charge on any atom is 0.137 e. The van der Waals surface area contributed by atoms with E-state index < -0.39 is 0 Å².